The van der Waals surface area contributed by atoms with Crippen molar-refractivity contribution in [1.82, 2.24) is 20.3 Å². The summed E-state index contributed by atoms with van der Waals surface area (Å²) in [5, 5.41) is 18.8. The molecule has 1 aromatic rings. The van der Waals surface area contributed by atoms with Crippen molar-refractivity contribution in [3.05, 3.63) is 11.9 Å². The molecule has 0 aliphatic rings. The fourth-order valence-electron chi connectivity index (χ4n) is 1.32. The van der Waals surface area contributed by atoms with Crippen molar-refractivity contribution in [2.45, 2.75) is 32.2 Å². The van der Waals surface area contributed by atoms with Crippen LogP contribution in [0.15, 0.2) is 6.20 Å². The van der Waals surface area contributed by atoms with Gasteiger partial charge in [-0.1, -0.05) is 5.21 Å². The molecule has 1 heterocycles. The lowest BCUT2D eigenvalue weighted by atomic mass is 10.2. The number of carboxylic acids is 1. The highest BCUT2D eigenvalue weighted by molar-refractivity contribution is 5.75. The monoisotopic (exact) mass is 240 g/mol. The number of nitrogens with zero attached hydrogens (tertiary/aromatic N) is 3. The lowest BCUT2D eigenvalue weighted by Gasteiger charge is -1.99. The van der Waals surface area contributed by atoms with Crippen molar-refractivity contribution in [3.63, 3.8) is 0 Å². The van der Waals surface area contributed by atoms with E-state index in [0.29, 0.717) is 31.5 Å². The van der Waals surface area contributed by atoms with Crippen molar-refractivity contribution < 1.29 is 14.7 Å². The lowest BCUT2D eigenvalue weighted by Crippen LogP contribution is -2.17. The van der Waals surface area contributed by atoms with Gasteiger partial charge >= 0.3 is 5.97 Å². The van der Waals surface area contributed by atoms with E-state index in [9.17, 15) is 9.59 Å². The molecule has 1 amide bonds. The van der Waals surface area contributed by atoms with E-state index < -0.39 is 5.97 Å². The van der Waals surface area contributed by atoms with E-state index in [1.807, 2.05) is 0 Å². The van der Waals surface area contributed by atoms with Crippen LogP contribution in [0.5, 0.6) is 0 Å². The SMILES string of the molecule is CNC(=O)CCCn1cc(CCC(=O)O)nn1. The number of nitrogens with one attached hydrogen (secondary N) is 1. The molecule has 1 aromatic heterocycles. The van der Waals surface area contributed by atoms with E-state index in [0.717, 1.165) is 0 Å². The van der Waals surface area contributed by atoms with Gasteiger partial charge in [0.2, 0.25) is 5.91 Å². The molecule has 0 fully saturated rings. The van der Waals surface area contributed by atoms with E-state index in [1.165, 1.54) is 0 Å². The predicted molar refractivity (Wildman–Crippen MR) is 59.3 cm³/mol. The van der Waals surface area contributed by atoms with Gasteiger partial charge in [0.1, 0.15) is 0 Å². The molecule has 17 heavy (non-hydrogen) atoms. The van der Waals surface area contributed by atoms with Gasteiger partial charge in [0.15, 0.2) is 0 Å². The molecule has 0 saturated carbocycles. The molecule has 0 bridgehead atoms. The summed E-state index contributed by atoms with van der Waals surface area (Å²) in [6, 6.07) is 0. The summed E-state index contributed by atoms with van der Waals surface area (Å²) in [5.41, 5.74) is 0.660. The van der Waals surface area contributed by atoms with Crippen LogP contribution >= 0.6 is 0 Å². The second-order valence-corrected chi connectivity index (χ2v) is 3.64. The fraction of sp³-hybridized carbons (Fsp3) is 0.600. The number of hydrogen-bond acceptors (Lipinski definition) is 4. The van der Waals surface area contributed by atoms with Gasteiger partial charge in [-0.2, -0.15) is 0 Å². The van der Waals surface area contributed by atoms with Crippen LogP contribution in [0.2, 0.25) is 0 Å². The Kier molecular flexibility index (Phi) is 5.12. The maximum Gasteiger partial charge on any atom is 0.303 e. The molecule has 0 saturated heterocycles. The van der Waals surface area contributed by atoms with E-state index in [2.05, 4.69) is 15.6 Å². The third kappa shape index (κ3) is 5.10. The van der Waals surface area contributed by atoms with Crippen LogP contribution in [0.3, 0.4) is 0 Å². The van der Waals surface area contributed by atoms with Crippen LogP contribution in [-0.4, -0.2) is 39.0 Å². The fourth-order valence-corrected chi connectivity index (χ4v) is 1.32. The molecule has 94 valence electrons. The zero-order chi connectivity index (χ0) is 12.7. The summed E-state index contributed by atoms with van der Waals surface area (Å²) in [6.07, 6.45) is 3.27. The predicted octanol–water partition coefficient (Wildman–Crippen LogP) is -0.179. The molecule has 0 aromatic carbocycles. The number of carbonyl (C=O) groups is 2. The van der Waals surface area contributed by atoms with Crippen molar-refractivity contribution in [2.24, 2.45) is 0 Å². The van der Waals surface area contributed by atoms with Gasteiger partial charge in [-0.15, -0.1) is 5.10 Å². The Morgan fingerprint density at radius 2 is 2.24 bits per heavy atom. The zero-order valence-corrected chi connectivity index (χ0v) is 9.72. The molecule has 0 radical (unpaired) electrons. The lowest BCUT2D eigenvalue weighted by molar-refractivity contribution is -0.137. The third-order valence-electron chi connectivity index (χ3n) is 2.25. The highest BCUT2D eigenvalue weighted by Crippen LogP contribution is 2.00. The van der Waals surface area contributed by atoms with Crippen LogP contribution in [0.4, 0.5) is 0 Å². The summed E-state index contributed by atoms with van der Waals surface area (Å²) in [7, 11) is 1.60. The number of aliphatic carboxylic acids is 1. The minimum absolute atomic E-state index is 0.00350. The Bertz CT molecular complexity index is 389. The molecule has 2 N–H and O–H groups in total. The highest BCUT2D eigenvalue weighted by atomic mass is 16.4. The Hall–Kier alpha value is -1.92. The van der Waals surface area contributed by atoms with Gasteiger partial charge in [-0.05, 0) is 6.42 Å². The first-order valence-corrected chi connectivity index (χ1v) is 5.43. The largest absolute Gasteiger partial charge is 0.481 e. The van der Waals surface area contributed by atoms with E-state index >= 15 is 0 Å². The van der Waals surface area contributed by atoms with Crippen LogP contribution in [-0.2, 0) is 22.6 Å². The minimum atomic E-state index is -0.848. The van der Waals surface area contributed by atoms with Crippen LogP contribution in [0, 0.1) is 0 Å². The van der Waals surface area contributed by atoms with Crippen LogP contribution in [0.25, 0.3) is 0 Å². The number of carboxylic acid groups (broad SMARTS) is 1. The Morgan fingerprint density at radius 3 is 2.88 bits per heavy atom. The topological polar surface area (TPSA) is 97.1 Å². The molecule has 0 aliphatic carbocycles. The van der Waals surface area contributed by atoms with Gasteiger partial charge in [-0.25, -0.2) is 0 Å². The molecule has 0 atom stereocenters. The number of carbonyl (C=O) groups excluding carboxylic acids is 1. The first kappa shape index (κ1) is 13.1. The number of aromatic nitrogens is 3. The normalized spacial score (nSPS) is 10.2. The van der Waals surface area contributed by atoms with Crippen molar-refractivity contribution in [2.75, 3.05) is 7.05 Å². The van der Waals surface area contributed by atoms with E-state index in [4.69, 9.17) is 5.11 Å². The van der Waals surface area contributed by atoms with Crippen molar-refractivity contribution in [3.8, 4) is 0 Å². The van der Waals surface area contributed by atoms with E-state index in [1.54, 1.807) is 17.9 Å². The molecule has 7 heteroatoms. The standard InChI is InChI=1S/C10H16N4O3/c1-11-9(15)3-2-6-14-7-8(12-13-14)4-5-10(16)17/h7H,2-6H2,1H3,(H,11,15)(H,16,17). The average molecular weight is 240 g/mol. The minimum Gasteiger partial charge on any atom is -0.481 e. The van der Waals surface area contributed by atoms with Crippen LogP contribution in [0.1, 0.15) is 25.0 Å². The van der Waals surface area contributed by atoms with Gasteiger partial charge < -0.3 is 10.4 Å². The highest BCUT2D eigenvalue weighted by Gasteiger charge is 2.04. The maximum atomic E-state index is 11.0. The smallest absolute Gasteiger partial charge is 0.303 e. The Labute approximate surface area is 98.8 Å². The molecule has 0 aliphatic heterocycles. The molecule has 1 rings (SSSR count). The third-order valence-corrected chi connectivity index (χ3v) is 2.25. The second kappa shape index (κ2) is 6.62. The average Bonchev–Trinajstić information content (AvgIpc) is 2.74. The summed E-state index contributed by atoms with van der Waals surface area (Å²) >= 11 is 0. The number of aryl methyl sites for hydroxylation is 2. The van der Waals surface area contributed by atoms with Crippen LogP contribution < -0.4 is 5.32 Å². The molecule has 0 unspecified atom stereocenters. The van der Waals surface area contributed by atoms with Gasteiger partial charge in [0, 0.05) is 32.6 Å². The Morgan fingerprint density at radius 1 is 1.47 bits per heavy atom. The van der Waals surface area contributed by atoms with Gasteiger partial charge in [0.25, 0.3) is 0 Å². The number of hydrogen-bond donors (Lipinski definition) is 2. The molecular weight excluding hydrogens is 224 g/mol. The second-order valence-electron chi connectivity index (χ2n) is 3.64. The Balaban J connectivity index is 2.30. The number of rotatable bonds is 7. The molecule has 0 spiro atoms. The van der Waals surface area contributed by atoms with Crippen molar-refractivity contribution in [1.29, 1.82) is 0 Å². The zero-order valence-electron chi connectivity index (χ0n) is 9.72. The first-order chi connectivity index (χ1) is 8.11. The van der Waals surface area contributed by atoms with Gasteiger partial charge in [0.05, 0.1) is 12.1 Å². The number of amides is 1. The molecule has 7 nitrogen and oxygen atoms in total. The van der Waals surface area contributed by atoms with E-state index in [-0.39, 0.29) is 12.3 Å². The summed E-state index contributed by atoms with van der Waals surface area (Å²) in [6.45, 7) is 0.605. The quantitative estimate of drug-likeness (QED) is 0.689. The summed E-state index contributed by atoms with van der Waals surface area (Å²) < 4.78 is 1.63. The molecular formula is C10H16N4O3. The summed E-state index contributed by atoms with van der Waals surface area (Å²) in [4.78, 5) is 21.3. The van der Waals surface area contributed by atoms with Gasteiger partial charge in [-0.3, -0.25) is 14.3 Å². The van der Waals surface area contributed by atoms with Crippen molar-refractivity contribution >= 4 is 11.9 Å². The summed E-state index contributed by atoms with van der Waals surface area (Å²) in [5.74, 6) is -0.851. The first-order valence-electron chi connectivity index (χ1n) is 5.43. The maximum absolute atomic E-state index is 11.0.